The smallest absolute Gasteiger partial charge is 0.265 e. The average molecular weight is 595 g/mol. The Bertz CT molecular complexity index is 1540. The van der Waals surface area contributed by atoms with Gasteiger partial charge in [-0.05, 0) is 60.6 Å². The standard InChI is InChI=1S/C35H42N6O3/c1-22(2)34(43)40-17-19-41(20-18-40)35(44)27-15-13-25(14-16-27)30-23(3)31-28(33(42)38-36)7-6-8-29(31)37-32(30)26-11-9-24(10-12-26)21-39(4)5/h6-16,22,30,32,37H,3,17-21,36H2,1-2,4-5H3,(H,38,42). The molecule has 230 valence electrons. The Hall–Kier alpha value is -4.47. The highest BCUT2D eigenvalue weighted by atomic mass is 16.2. The van der Waals surface area contributed by atoms with Crippen LogP contribution in [0.5, 0.6) is 0 Å². The Balaban J connectivity index is 1.44. The summed E-state index contributed by atoms with van der Waals surface area (Å²) in [6.07, 6.45) is 0. The van der Waals surface area contributed by atoms with Gasteiger partial charge >= 0.3 is 0 Å². The van der Waals surface area contributed by atoms with Crippen LogP contribution in [0.2, 0.25) is 0 Å². The predicted octanol–water partition coefficient (Wildman–Crippen LogP) is 4.26. The van der Waals surface area contributed by atoms with E-state index in [1.165, 1.54) is 5.56 Å². The zero-order valence-electron chi connectivity index (χ0n) is 26.0. The van der Waals surface area contributed by atoms with E-state index in [4.69, 9.17) is 5.84 Å². The number of amides is 3. The third-order valence-corrected chi connectivity index (χ3v) is 8.51. The van der Waals surface area contributed by atoms with Gasteiger partial charge in [0.15, 0.2) is 0 Å². The fraction of sp³-hybridized carbons (Fsp3) is 0.343. The quantitative estimate of drug-likeness (QED) is 0.214. The fourth-order valence-electron chi connectivity index (χ4n) is 6.27. The topological polar surface area (TPSA) is 111 Å². The van der Waals surface area contributed by atoms with Crippen LogP contribution in [0.15, 0.2) is 73.3 Å². The number of hydrogen-bond donors (Lipinski definition) is 3. The molecule has 1 fully saturated rings. The molecule has 2 atom stereocenters. The molecule has 0 aromatic heterocycles. The van der Waals surface area contributed by atoms with E-state index < -0.39 is 0 Å². The maximum absolute atomic E-state index is 13.4. The summed E-state index contributed by atoms with van der Waals surface area (Å²) >= 11 is 0. The molecule has 0 saturated carbocycles. The van der Waals surface area contributed by atoms with Gasteiger partial charge in [0.25, 0.3) is 11.8 Å². The monoisotopic (exact) mass is 594 g/mol. The number of rotatable bonds is 7. The summed E-state index contributed by atoms with van der Waals surface area (Å²) in [6, 6.07) is 21.6. The SMILES string of the molecule is C=C1c2c(cccc2C(=O)NN)NC(c2ccc(CN(C)C)cc2)C1c1ccc(C(=O)N2CCN(C(=O)C(C)C)CC2)cc1. The van der Waals surface area contributed by atoms with Crippen LogP contribution >= 0.6 is 0 Å². The van der Waals surface area contributed by atoms with E-state index in [9.17, 15) is 14.4 Å². The second-order valence-electron chi connectivity index (χ2n) is 12.2. The predicted molar refractivity (Wildman–Crippen MR) is 174 cm³/mol. The molecule has 2 aliphatic rings. The number of nitrogens with two attached hydrogens (primary N) is 1. The lowest BCUT2D eigenvalue weighted by molar-refractivity contribution is -0.135. The van der Waals surface area contributed by atoms with Crippen molar-refractivity contribution in [1.82, 2.24) is 20.1 Å². The van der Waals surface area contributed by atoms with Crippen LogP contribution in [0.4, 0.5) is 5.69 Å². The lowest BCUT2D eigenvalue weighted by atomic mass is 9.75. The van der Waals surface area contributed by atoms with Crippen molar-refractivity contribution in [2.24, 2.45) is 11.8 Å². The van der Waals surface area contributed by atoms with Crippen molar-refractivity contribution in [2.45, 2.75) is 32.4 Å². The third kappa shape index (κ3) is 6.25. The minimum atomic E-state index is -0.383. The molecule has 3 aromatic rings. The first-order valence-electron chi connectivity index (χ1n) is 15.1. The number of hydrogen-bond acceptors (Lipinski definition) is 6. The number of anilines is 1. The van der Waals surface area contributed by atoms with Gasteiger partial charge in [0.1, 0.15) is 0 Å². The molecule has 0 aliphatic carbocycles. The number of carbonyl (C=O) groups excluding carboxylic acids is 3. The highest BCUT2D eigenvalue weighted by molar-refractivity contribution is 6.03. The summed E-state index contributed by atoms with van der Waals surface area (Å²) in [5, 5.41) is 3.68. The minimum Gasteiger partial charge on any atom is -0.377 e. The van der Waals surface area contributed by atoms with Crippen molar-refractivity contribution in [1.29, 1.82) is 0 Å². The molecular weight excluding hydrogens is 552 g/mol. The van der Waals surface area contributed by atoms with Gasteiger partial charge in [-0.15, -0.1) is 0 Å². The molecule has 3 amide bonds. The minimum absolute atomic E-state index is 0.0472. The van der Waals surface area contributed by atoms with Gasteiger partial charge < -0.3 is 20.0 Å². The molecule has 3 aromatic carbocycles. The van der Waals surface area contributed by atoms with Crippen LogP contribution in [0.25, 0.3) is 5.57 Å². The van der Waals surface area contributed by atoms with Crippen LogP contribution < -0.4 is 16.6 Å². The first kappa shape index (κ1) is 31.0. The number of hydrazine groups is 1. The van der Waals surface area contributed by atoms with Gasteiger partial charge in [0, 0.05) is 61.4 Å². The molecular formula is C35H42N6O3. The number of carbonyl (C=O) groups is 3. The van der Waals surface area contributed by atoms with Crippen molar-refractivity contribution in [3.63, 3.8) is 0 Å². The average Bonchev–Trinajstić information content (AvgIpc) is 3.03. The van der Waals surface area contributed by atoms with E-state index in [0.29, 0.717) is 37.3 Å². The van der Waals surface area contributed by atoms with Gasteiger partial charge in [-0.3, -0.25) is 19.8 Å². The second kappa shape index (κ2) is 13.0. The van der Waals surface area contributed by atoms with Gasteiger partial charge in [-0.1, -0.05) is 62.9 Å². The molecule has 2 unspecified atom stereocenters. The highest BCUT2D eigenvalue weighted by Crippen LogP contribution is 2.49. The van der Waals surface area contributed by atoms with Crippen molar-refractivity contribution in [3.8, 4) is 0 Å². The van der Waals surface area contributed by atoms with Crippen molar-refractivity contribution < 1.29 is 14.4 Å². The highest BCUT2D eigenvalue weighted by Gasteiger charge is 2.36. The summed E-state index contributed by atoms with van der Waals surface area (Å²) < 4.78 is 0. The van der Waals surface area contributed by atoms with Gasteiger partial charge in [0.2, 0.25) is 5.91 Å². The normalized spacial score (nSPS) is 18.2. The Kier molecular flexibility index (Phi) is 9.17. The van der Waals surface area contributed by atoms with Gasteiger partial charge in [-0.2, -0.15) is 0 Å². The lowest BCUT2D eigenvalue weighted by Gasteiger charge is -2.38. The molecule has 5 rings (SSSR count). The molecule has 9 heteroatoms. The zero-order valence-corrected chi connectivity index (χ0v) is 26.0. The van der Waals surface area contributed by atoms with Crippen molar-refractivity contribution in [2.75, 3.05) is 45.6 Å². The Morgan fingerprint density at radius 3 is 2.14 bits per heavy atom. The molecule has 44 heavy (non-hydrogen) atoms. The van der Waals surface area contributed by atoms with Crippen LogP contribution in [-0.4, -0.2) is 72.7 Å². The first-order chi connectivity index (χ1) is 21.1. The summed E-state index contributed by atoms with van der Waals surface area (Å²) in [5.74, 6) is 4.95. The summed E-state index contributed by atoms with van der Waals surface area (Å²) in [7, 11) is 4.09. The molecule has 0 spiro atoms. The Morgan fingerprint density at radius 1 is 0.932 bits per heavy atom. The molecule has 2 aliphatic heterocycles. The van der Waals surface area contributed by atoms with Crippen LogP contribution in [0.3, 0.4) is 0 Å². The first-order valence-corrected chi connectivity index (χ1v) is 15.1. The van der Waals surface area contributed by atoms with E-state index in [-0.39, 0.29) is 35.6 Å². The van der Waals surface area contributed by atoms with Crippen LogP contribution in [-0.2, 0) is 11.3 Å². The molecule has 0 bridgehead atoms. The Morgan fingerprint density at radius 2 is 1.55 bits per heavy atom. The molecule has 4 N–H and O–H groups in total. The third-order valence-electron chi connectivity index (χ3n) is 8.51. The molecule has 1 saturated heterocycles. The van der Waals surface area contributed by atoms with E-state index in [1.54, 1.807) is 6.07 Å². The van der Waals surface area contributed by atoms with E-state index >= 15 is 0 Å². The molecule has 0 radical (unpaired) electrons. The second-order valence-corrected chi connectivity index (χ2v) is 12.2. The van der Waals surface area contributed by atoms with E-state index in [0.717, 1.165) is 34.5 Å². The summed E-state index contributed by atoms with van der Waals surface area (Å²) in [4.78, 5) is 44.3. The molecule has 2 heterocycles. The van der Waals surface area contributed by atoms with Crippen molar-refractivity contribution in [3.05, 3.63) is 107 Å². The number of nitrogens with one attached hydrogen (secondary N) is 2. The van der Waals surface area contributed by atoms with E-state index in [2.05, 4.69) is 46.5 Å². The number of fused-ring (bicyclic) bond motifs is 1. The van der Waals surface area contributed by atoms with Gasteiger partial charge in [0.05, 0.1) is 11.6 Å². The number of nitrogens with zero attached hydrogens (tertiary/aromatic N) is 3. The summed E-state index contributed by atoms with van der Waals surface area (Å²) in [5.41, 5.74) is 8.93. The van der Waals surface area contributed by atoms with Crippen molar-refractivity contribution >= 4 is 29.0 Å². The number of piperazine rings is 1. The maximum Gasteiger partial charge on any atom is 0.265 e. The van der Waals surface area contributed by atoms with Gasteiger partial charge in [-0.25, -0.2) is 5.84 Å². The summed E-state index contributed by atoms with van der Waals surface area (Å²) in [6.45, 7) is 11.3. The number of nitrogen functional groups attached to an aromatic ring is 1. The van der Waals surface area contributed by atoms with E-state index in [1.807, 2.05) is 74.1 Å². The maximum atomic E-state index is 13.4. The largest absolute Gasteiger partial charge is 0.377 e. The lowest BCUT2D eigenvalue weighted by Crippen LogP contribution is -2.51. The zero-order chi connectivity index (χ0) is 31.5. The van der Waals surface area contributed by atoms with Crippen LogP contribution in [0.1, 0.15) is 68.8 Å². The van der Waals surface area contributed by atoms with Crippen LogP contribution in [0, 0.1) is 5.92 Å². The fourth-order valence-corrected chi connectivity index (χ4v) is 6.27. The Labute approximate surface area is 259 Å². The number of benzene rings is 3. The molecule has 9 nitrogen and oxygen atoms in total.